The second-order valence-corrected chi connectivity index (χ2v) is 5.60. The van der Waals surface area contributed by atoms with Crippen LogP contribution in [0.2, 0.25) is 15.1 Å². The monoisotopic (exact) mass is 331 g/mol. The van der Waals surface area contributed by atoms with Crippen molar-refractivity contribution < 1.29 is 4.39 Å². The lowest BCUT2D eigenvalue weighted by Gasteiger charge is -2.21. The Labute approximate surface area is 132 Å². The molecule has 0 bridgehead atoms. The molecular weight excluding hydrogens is 320 g/mol. The number of hydrogen-bond donors (Lipinski definition) is 1. The normalized spacial score (nSPS) is 12.4. The summed E-state index contributed by atoms with van der Waals surface area (Å²) < 4.78 is 14.1. The van der Waals surface area contributed by atoms with Crippen LogP contribution in [0.5, 0.6) is 0 Å². The number of halogens is 4. The summed E-state index contributed by atoms with van der Waals surface area (Å²) in [4.78, 5) is 0. The van der Waals surface area contributed by atoms with E-state index in [0.717, 1.165) is 5.56 Å². The predicted molar refractivity (Wildman–Crippen MR) is 83.4 cm³/mol. The second kappa shape index (κ2) is 6.77. The van der Waals surface area contributed by atoms with Gasteiger partial charge in [-0.15, -0.1) is 0 Å². The van der Waals surface area contributed by atoms with Gasteiger partial charge in [0.05, 0.1) is 6.04 Å². The fraction of sp³-hybridized carbons (Fsp3) is 0.200. The highest BCUT2D eigenvalue weighted by Gasteiger charge is 2.19. The van der Waals surface area contributed by atoms with Crippen LogP contribution in [0.25, 0.3) is 0 Å². The maximum Gasteiger partial charge on any atom is 0.129 e. The van der Waals surface area contributed by atoms with E-state index in [1.54, 1.807) is 30.3 Å². The lowest BCUT2D eigenvalue weighted by atomic mass is 9.98. The molecule has 0 saturated heterocycles. The summed E-state index contributed by atoms with van der Waals surface area (Å²) in [5, 5.41) is 4.63. The molecule has 0 spiro atoms. The highest BCUT2D eigenvalue weighted by atomic mass is 35.5. The Morgan fingerprint density at radius 2 is 1.60 bits per heavy atom. The van der Waals surface area contributed by atoms with Crippen LogP contribution >= 0.6 is 34.8 Å². The van der Waals surface area contributed by atoms with E-state index < -0.39 is 0 Å². The molecule has 0 fully saturated rings. The van der Waals surface area contributed by atoms with Crippen LogP contribution in [0.15, 0.2) is 36.4 Å². The molecule has 0 amide bonds. The average molecular weight is 333 g/mol. The summed E-state index contributed by atoms with van der Waals surface area (Å²) in [6.45, 7) is 2.62. The zero-order valence-corrected chi connectivity index (χ0v) is 13.0. The van der Waals surface area contributed by atoms with Gasteiger partial charge < -0.3 is 5.32 Å². The Bertz CT molecular complexity index is 565. The van der Waals surface area contributed by atoms with Gasteiger partial charge in [0, 0.05) is 20.6 Å². The van der Waals surface area contributed by atoms with Crippen molar-refractivity contribution in [3.05, 3.63) is 68.4 Å². The third-order valence-corrected chi connectivity index (χ3v) is 3.75. The standard InChI is InChI=1S/C15H13Cl3FN/c1-2-20-15(11-5-3-9(16)7-13(11)18)12-6-4-10(17)8-14(12)19/h3-8,15,20H,2H2,1H3. The van der Waals surface area contributed by atoms with Crippen molar-refractivity contribution in [3.63, 3.8) is 0 Å². The van der Waals surface area contributed by atoms with Crippen molar-refractivity contribution in [1.29, 1.82) is 0 Å². The number of rotatable bonds is 4. The number of benzene rings is 2. The summed E-state index contributed by atoms with van der Waals surface area (Å²) in [5.74, 6) is -0.366. The zero-order valence-electron chi connectivity index (χ0n) is 10.8. The first-order valence-corrected chi connectivity index (χ1v) is 7.29. The summed E-state index contributed by atoms with van der Waals surface area (Å²) in [5.41, 5.74) is 1.28. The maximum atomic E-state index is 14.1. The van der Waals surface area contributed by atoms with E-state index in [9.17, 15) is 4.39 Å². The molecule has 2 aromatic carbocycles. The lowest BCUT2D eigenvalue weighted by Crippen LogP contribution is -2.23. The molecule has 1 unspecified atom stereocenters. The van der Waals surface area contributed by atoms with Crippen LogP contribution < -0.4 is 5.32 Å². The van der Waals surface area contributed by atoms with Gasteiger partial charge >= 0.3 is 0 Å². The van der Waals surface area contributed by atoms with E-state index >= 15 is 0 Å². The van der Waals surface area contributed by atoms with Gasteiger partial charge in [0.2, 0.25) is 0 Å². The molecule has 20 heavy (non-hydrogen) atoms. The quantitative estimate of drug-likeness (QED) is 0.781. The first kappa shape index (κ1) is 15.6. The molecule has 0 heterocycles. The molecule has 0 aliphatic rings. The molecule has 0 aliphatic carbocycles. The van der Waals surface area contributed by atoms with Gasteiger partial charge in [-0.1, -0.05) is 53.9 Å². The number of nitrogens with one attached hydrogen (secondary N) is 1. The van der Waals surface area contributed by atoms with Crippen molar-refractivity contribution in [1.82, 2.24) is 5.32 Å². The fourth-order valence-electron chi connectivity index (χ4n) is 2.06. The molecule has 1 nitrogen and oxygen atoms in total. The largest absolute Gasteiger partial charge is 0.306 e. The van der Waals surface area contributed by atoms with Gasteiger partial charge in [-0.25, -0.2) is 4.39 Å². The predicted octanol–water partition coefficient (Wildman–Crippen LogP) is 5.48. The first-order chi connectivity index (χ1) is 9.52. The minimum Gasteiger partial charge on any atom is -0.306 e. The average Bonchev–Trinajstić information content (AvgIpc) is 2.37. The van der Waals surface area contributed by atoms with E-state index in [2.05, 4.69) is 5.32 Å². The summed E-state index contributed by atoms with van der Waals surface area (Å²) >= 11 is 17.9. The van der Waals surface area contributed by atoms with Crippen molar-refractivity contribution in [2.24, 2.45) is 0 Å². The minimum atomic E-state index is -0.366. The van der Waals surface area contributed by atoms with E-state index in [-0.39, 0.29) is 11.9 Å². The van der Waals surface area contributed by atoms with Gasteiger partial charge in [-0.3, -0.25) is 0 Å². The third-order valence-electron chi connectivity index (χ3n) is 2.96. The van der Waals surface area contributed by atoms with Crippen molar-refractivity contribution >= 4 is 34.8 Å². The molecule has 5 heteroatoms. The van der Waals surface area contributed by atoms with E-state index in [4.69, 9.17) is 34.8 Å². The van der Waals surface area contributed by atoms with Crippen LogP contribution in [0.1, 0.15) is 24.1 Å². The van der Waals surface area contributed by atoms with Crippen LogP contribution in [0, 0.1) is 5.82 Å². The third kappa shape index (κ3) is 3.44. The molecule has 0 aromatic heterocycles. The maximum absolute atomic E-state index is 14.1. The molecule has 1 N–H and O–H groups in total. The Hall–Kier alpha value is -0.800. The van der Waals surface area contributed by atoms with Crippen LogP contribution in [-0.2, 0) is 0 Å². The van der Waals surface area contributed by atoms with E-state index in [0.29, 0.717) is 27.2 Å². The zero-order chi connectivity index (χ0) is 14.7. The smallest absolute Gasteiger partial charge is 0.129 e. The van der Waals surface area contributed by atoms with Crippen LogP contribution in [0.4, 0.5) is 4.39 Å². The molecule has 0 saturated carbocycles. The summed E-state index contributed by atoms with van der Waals surface area (Å²) in [7, 11) is 0. The van der Waals surface area contributed by atoms with E-state index in [1.807, 2.05) is 6.92 Å². The van der Waals surface area contributed by atoms with Gasteiger partial charge in [0.1, 0.15) is 5.82 Å². The Kier molecular flexibility index (Phi) is 5.28. The highest BCUT2D eigenvalue weighted by Crippen LogP contribution is 2.32. The molecule has 106 valence electrons. The van der Waals surface area contributed by atoms with Crippen molar-refractivity contribution in [3.8, 4) is 0 Å². The van der Waals surface area contributed by atoms with Crippen LogP contribution in [0.3, 0.4) is 0 Å². The Morgan fingerprint density at radius 1 is 1.00 bits per heavy atom. The summed E-state index contributed by atoms with van der Waals surface area (Å²) in [6.07, 6.45) is 0. The SMILES string of the molecule is CCNC(c1ccc(Cl)cc1F)c1ccc(Cl)cc1Cl. The van der Waals surface area contributed by atoms with Crippen molar-refractivity contribution in [2.75, 3.05) is 6.54 Å². The number of hydrogen-bond acceptors (Lipinski definition) is 1. The van der Waals surface area contributed by atoms with Gasteiger partial charge in [0.25, 0.3) is 0 Å². The Morgan fingerprint density at radius 3 is 2.15 bits per heavy atom. The molecule has 2 rings (SSSR count). The highest BCUT2D eigenvalue weighted by molar-refractivity contribution is 6.35. The fourth-order valence-corrected chi connectivity index (χ4v) is 2.74. The first-order valence-electron chi connectivity index (χ1n) is 6.16. The molecule has 0 radical (unpaired) electrons. The molecule has 1 atom stereocenters. The molecule has 0 aliphatic heterocycles. The van der Waals surface area contributed by atoms with Crippen molar-refractivity contribution in [2.45, 2.75) is 13.0 Å². The second-order valence-electron chi connectivity index (χ2n) is 4.32. The van der Waals surface area contributed by atoms with Gasteiger partial charge in [-0.2, -0.15) is 0 Å². The van der Waals surface area contributed by atoms with Crippen LogP contribution in [-0.4, -0.2) is 6.54 Å². The van der Waals surface area contributed by atoms with E-state index in [1.165, 1.54) is 6.07 Å². The van der Waals surface area contributed by atoms with Gasteiger partial charge in [-0.05, 0) is 36.4 Å². The topological polar surface area (TPSA) is 12.0 Å². The Balaban J connectivity index is 2.50. The summed E-state index contributed by atoms with van der Waals surface area (Å²) in [6, 6.07) is 9.46. The molecule has 2 aromatic rings. The van der Waals surface area contributed by atoms with Gasteiger partial charge in [0.15, 0.2) is 0 Å². The lowest BCUT2D eigenvalue weighted by molar-refractivity contribution is 0.559. The molecular formula is C15H13Cl3FN. The minimum absolute atomic E-state index is 0.345.